The second-order valence-corrected chi connectivity index (χ2v) is 7.67. The van der Waals surface area contributed by atoms with Gasteiger partial charge in [0.15, 0.2) is 0 Å². The molecule has 0 bridgehead atoms. The molecule has 0 fully saturated rings. The quantitative estimate of drug-likeness (QED) is 0.443. The summed E-state index contributed by atoms with van der Waals surface area (Å²) in [7, 11) is 1.80. The molecule has 1 aromatic carbocycles. The number of thioether (sulfide) groups is 1. The molecule has 0 spiro atoms. The SMILES string of the molecule is Cc1ccc(CN(C)C(=O)c2ccccc2SCc2cn3ccccc3n2)o1. The molecule has 0 aliphatic heterocycles. The normalized spacial score (nSPS) is 11.1. The van der Waals surface area contributed by atoms with Gasteiger partial charge in [-0.3, -0.25) is 4.79 Å². The highest BCUT2D eigenvalue weighted by Gasteiger charge is 2.17. The Balaban J connectivity index is 1.48. The summed E-state index contributed by atoms with van der Waals surface area (Å²) in [6.45, 7) is 2.34. The maximum atomic E-state index is 13.0. The van der Waals surface area contributed by atoms with Crippen molar-refractivity contribution in [3.05, 3.63) is 89.8 Å². The van der Waals surface area contributed by atoms with Gasteiger partial charge in [-0.1, -0.05) is 18.2 Å². The van der Waals surface area contributed by atoms with Gasteiger partial charge in [-0.05, 0) is 43.3 Å². The Morgan fingerprint density at radius 1 is 1.14 bits per heavy atom. The number of nitrogens with zero attached hydrogens (tertiary/aromatic N) is 3. The van der Waals surface area contributed by atoms with E-state index in [1.807, 2.05) is 78.3 Å². The summed E-state index contributed by atoms with van der Waals surface area (Å²) in [6, 6.07) is 17.5. The molecular weight excluding hydrogens is 370 g/mol. The zero-order chi connectivity index (χ0) is 19.5. The van der Waals surface area contributed by atoms with Crippen molar-refractivity contribution in [3.63, 3.8) is 0 Å². The Bertz CT molecular complexity index is 1080. The van der Waals surface area contributed by atoms with Gasteiger partial charge >= 0.3 is 0 Å². The third kappa shape index (κ3) is 3.97. The van der Waals surface area contributed by atoms with Crippen LogP contribution in [0.2, 0.25) is 0 Å². The molecule has 142 valence electrons. The third-order valence-electron chi connectivity index (χ3n) is 4.44. The summed E-state index contributed by atoms with van der Waals surface area (Å²) < 4.78 is 7.60. The topological polar surface area (TPSA) is 50.8 Å². The zero-order valence-electron chi connectivity index (χ0n) is 15.8. The number of amides is 1. The van der Waals surface area contributed by atoms with E-state index in [9.17, 15) is 4.79 Å². The van der Waals surface area contributed by atoms with Crippen LogP contribution in [0.5, 0.6) is 0 Å². The lowest BCUT2D eigenvalue weighted by atomic mass is 10.2. The largest absolute Gasteiger partial charge is 0.464 e. The van der Waals surface area contributed by atoms with Crippen LogP contribution < -0.4 is 0 Å². The number of pyridine rings is 1. The summed E-state index contributed by atoms with van der Waals surface area (Å²) in [6.07, 6.45) is 4.01. The molecule has 1 amide bonds. The Kier molecular flexibility index (Phi) is 5.21. The first-order chi connectivity index (χ1) is 13.6. The molecule has 4 rings (SSSR count). The number of imidazole rings is 1. The van der Waals surface area contributed by atoms with E-state index in [4.69, 9.17) is 4.42 Å². The van der Waals surface area contributed by atoms with Crippen molar-refractivity contribution >= 4 is 23.3 Å². The monoisotopic (exact) mass is 391 g/mol. The van der Waals surface area contributed by atoms with Crippen LogP contribution in [0, 0.1) is 6.92 Å². The van der Waals surface area contributed by atoms with Gasteiger partial charge in [-0.15, -0.1) is 11.8 Å². The fourth-order valence-electron chi connectivity index (χ4n) is 3.06. The van der Waals surface area contributed by atoms with Crippen LogP contribution in [-0.2, 0) is 12.3 Å². The van der Waals surface area contributed by atoms with E-state index in [0.717, 1.165) is 27.8 Å². The highest BCUT2D eigenvalue weighted by molar-refractivity contribution is 7.98. The minimum atomic E-state index is -0.0212. The molecule has 0 aliphatic carbocycles. The fraction of sp³-hybridized carbons (Fsp3) is 0.182. The van der Waals surface area contributed by atoms with Gasteiger partial charge in [0.05, 0.1) is 17.8 Å². The van der Waals surface area contributed by atoms with E-state index in [2.05, 4.69) is 4.98 Å². The molecule has 4 aromatic rings. The molecule has 3 aromatic heterocycles. The van der Waals surface area contributed by atoms with Crippen molar-refractivity contribution in [2.24, 2.45) is 0 Å². The number of carbonyl (C=O) groups excluding carboxylic acids is 1. The van der Waals surface area contributed by atoms with Crippen molar-refractivity contribution in [3.8, 4) is 0 Å². The number of aryl methyl sites for hydroxylation is 1. The molecule has 0 radical (unpaired) electrons. The van der Waals surface area contributed by atoms with Crippen LogP contribution in [0.3, 0.4) is 0 Å². The van der Waals surface area contributed by atoms with E-state index >= 15 is 0 Å². The standard InChI is InChI=1S/C22H21N3O2S/c1-16-10-11-18(27-16)14-24(2)22(26)19-7-3-4-8-20(19)28-15-17-13-25-12-6-5-9-21(25)23-17/h3-13H,14-15H2,1-2H3. The summed E-state index contributed by atoms with van der Waals surface area (Å²) >= 11 is 1.62. The molecule has 6 heteroatoms. The molecule has 0 atom stereocenters. The van der Waals surface area contributed by atoms with Crippen molar-refractivity contribution in [1.29, 1.82) is 0 Å². The van der Waals surface area contributed by atoms with E-state index in [1.54, 1.807) is 23.7 Å². The van der Waals surface area contributed by atoms with E-state index in [0.29, 0.717) is 17.9 Å². The maximum Gasteiger partial charge on any atom is 0.255 e. The van der Waals surface area contributed by atoms with Crippen LogP contribution in [0.1, 0.15) is 27.6 Å². The zero-order valence-corrected chi connectivity index (χ0v) is 16.6. The highest BCUT2D eigenvalue weighted by Crippen LogP contribution is 2.27. The van der Waals surface area contributed by atoms with Crippen LogP contribution in [0.4, 0.5) is 0 Å². The number of hydrogen-bond acceptors (Lipinski definition) is 4. The molecular formula is C22H21N3O2S. The molecule has 0 N–H and O–H groups in total. The molecule has 3 heterocycles. The Hall–Kier alpha value is -2.99. The molecule has 0 unspecified atom stereocenters. The number of rotatable bonds is 6. The van der Waals surface area contributed by atoms with E-state index in [-0.39, 0.29) is 5.91 Å². The number of furan rings is 1. The highest BCUT2D eigenvalue weighted by atomic mass is 32.2. The fourth-order valence-corrected chi connectivity index (χ4v) is 3.99. The molecule has 5 nitrogen and oxygen atoms in total. The lowest BCUT2D eigenvalue weighted by Gasteiger charge is -2.17. The first kappa shape index (κ1) is 18.4. The van der Waals surface area contributed by atoms with Crippen LogP contribution >= 0.6 is 11.8 Å². The number of benzene rings is 1. The van der Waals surface area contributed by atoms with Gasteiger partial charge in [-0.2, -0.15) is 0 Å². The lowest BCUT2D eigenvalue weighted by molar-refractivity contribution is 0.0771. The average Bonchev–Trinajstić information content (AvgIpc) is 3.31. The van der Waals surface area contributed by atoms with Crippen molar-refractivity contribution in [1.82, 2.24) is 14.3 Å². The van der Waals surface area contributed by atoms with Gasteiger partial charge in [0.25, 0.3) is 5.91 Å². The maximum absolute atomic E-state index is 13.0. The van der Waals surface area contributed by atoms with Crippen molar-refractivity contribution in [2.45, 2.75) is 24.1 Å². The van der Waals surface area contributed by atoms with Crippen LogP contribution in [0.15, 0.2) is 76.3 Å². The summed E-state index contributed by atoms with van der Waals surface area (Å²) in [5.41, 5.74) is 2.61. The van der Waals surface area contributed by atoms with E-state index in [1.165, 1.54) is 0 Å². The number of carbonyl (C=O) groups is 1. The molecule has 28 heavy (non-hydrogen) atoms. The van der Waals surface area contributed by atoms with Gasteiger partial charge in [0.1, 0.15) is 17.2 Å². The van der Waals surface area contributed by atoms with Crippen LogP contribution in [0.25, 0.3) is 5.65 Å². The second kappa shape index (κ2) is 7.94. The smallest absolute Gasteiger partial charge is 0.255 e. The van der Waals surface area contributed by atoms with Gasteiger partial charge in [0, 0.05) is 30.1 Å². The van der Waals surface area contributed by atoms with Gasteiger partial charge < -0.3 is 13.7 Å². The predicted octanol–water partition coefficient (Wildman–Crippen LogP) is 4.80. The minimum Gasteiger partial charge on any atom is -0.464 e. The first-order valence-corrected chi connectivity index (χ1v) is 10.0. The number of aromatic nitrogens is 2. The Morgan fingerprint density at radius 2 is 1.96 bits per heavy atom. The number of hydrogen-bond donors (Lipinski definition) is 0. The Labute approximate surface area is 168 Å². The van der Waals surface area contributed by atoms with Gasteiger partial charge in [0.2, 0.25) is 0 Å². The summed E-state index contributed by atoms with van der Waals surface area (Å²) in [4.78, 5) is 20.2. The Morgan fingerprint density at radius 3 is 2.75 bits per heavy atom. The predicted molar refractivity (Wildman–Crippen MR) is 110 cm³/mol. The summed E-state index contributed by atoms with van der Waals surface area (Å²) in [5.74, 6) is 2.31. The third-order valence-corrected chi connectivity index (χ3v) is 5.55. The number of fused-ring (bicyclic) bond motifs is 1. The van der Waals surface area contributed by atoms with Crippen LogP contribution in [-0.4, -0.2) is 27.2 Å². The summed E-state index contributed by atoms with van der Waals surface area (Å²) in [5, 5.41) is 0. The molecule has 0 saturated heterocycles. The van der Waals surface area contributed by atoms with Crippen molar-refractivity contribution < 1.29 is 9.21 Å². The van der Waals surface area contributed by atoms with Gasteiger partial charge in [-0.25, -0.2) is 4.98 Å². The average molecular weight is 391 g/mol. The van der Waals surface area contributed by atoms with E-state index < -0.39 is 0 Å². The minimum absolute atomic E-state index is 0.0212. The lowest BCUT2D eigenvalue weighted by Crippen LogP contribution is -2.26. The van der Waals surface area contributed by atoms with Crippen molar-refractivity contribution in [2.75, 3.05) is 7.05 Å². The molecule has 0 saturated carbocycles. The first-order valence-electron chi connectivity index (χ1n) is 9.05. The molecule has 0 aliphatic rings. The second-order valence-electron chi connectivity index (χ2n) is 6.66.